The maximum atomic E-state index is 13.0. The minimum Gasteiger partial charge on any atom is -0.355 e. The summed E-state index contributed by atoms with van der Waals surface area (Å²) in [5, 5.41) is 2.88. The Balaban J connectivity index is 1.42. The minimum atomic E-state index is -3.60. The van der Waals surface area contributed by atoms with Gasteiger partial charge in [-0.15, -0.1) is 11.8 Å². The summed E-state index contributed by atoms with van der Waals surface area (Å²) in [6, 6.07) is 14.9. The van der Waals surface area contributed by atoms with Gasteiger partial charge < -0.3 is 10.2 Å². The smallest absolute Gasteiger partial charge is 0.243 e. The van der Waals surface area contributed by atoms with Crippen LogP contribution in [0.5, 0.6) is 0 Å². The van der Waals surface area contributed by atoms with E-state index in [-0.39, 0.29) is 29.0 Å². The largest absolute Gasteiger partial charge is 0.355 e. The highest BCUT2D eigenvalue weighted by Crippen LogP contribution is 2.37. The van der Waals surface area contributed by atoms with E-state index in [9.17, 15) is 18.0 Å². The minimum absolute atomic E-state index is 0.120. The third-order valence-corrected chi connectivity index (χ3v) is 8.63. The molecule has 2 aliphatic heterocycles. The van der Waals surface area contributed by atoms with E-state index < -0.39 is 10.0 Å². The highest BCUT2D eigenvalue weighted by atomic mass is 32.2. The summed E-state index contributed by atoms with van der Waals surface area (Å²) in [6.07, 6.45) is 3.37. The third kappa shape index (κ3) is 5.16. The van der Waals surface area contributed by atoms with Crippen LogP contribution < -0.4 is 10.2 Å². The number of nitrogens with zero attached hydrogens (tertiary/aromatic N) is 2. The molecule has 2 aliphatic rings. The molecule has 0 atom stereocenters. The molecule has 0 aromatic heterocycles. The van der Waals surface area contributed by atoms with Gasteiger partial charge in [-0.25, -0.2) is 8.42 Å². The molecule has 2 heterocycles. The second-order valence-corrected chi connectivity index (χ2v) is 10.9. The predicted molar refractivity (Wildman–Crippen MR) is 125 cm³/mol. The lowest BCUT2D eigenvalue weighted by Gasteiger charge is -2.29. The average Bonchev–Trinajstić information content (AvgIpc) is 3.35. The molecule has 0 unspecified atom stereocenters. The first-order chi connectivity index (χ1) is 15.4. The van der Waals surface area contributed by atoms with Crippen LogP contribution in [0.2, 0.25) is 0 Å². The molecular formula is C23H27N3O4S2. The van der Waals surface area contributed by atoms with Crippen molar-refractivity contribution >= 4 is 39.3 Å². The molecule has 7 nitrogen and oxygen atoms in total. The number of sulfonamides is 1. The summed E-state index contributed by atoms with van der Waals surface area (Å²) in [5.41, 5.74) is 1.71. The Morgan fingerprint density at radius 3 is 2.56 bits per heavy atom. The van der Waals surface area contributed by atoms with Crippen molar-refractivity contribution in [3.63, 3.8) is 0 Å². The monoisotopic (exact) mass is 473 g/mol. The van der Waals surface area contributed by atoms with Gasteiger partial charge in [0.15, 0.2) is 0 Å². The number of thioether (sulfide) groups is 1. The number of anilines is 1. The van der Waals surface area contributed by atoms with Crippen LogP contribution in [-0.4, -0.2) is 56.5 Å². The highest BCUT2D eigenvalue weighted by Gasteiger charge is 2.31. The fourth-order valence-corrected chi connectivity index (χ4v) is 6.41. The van der Waals surface area contributed by atoms with Gasteiger partial charge >= 0.3 is 0 Å². The van der Waals surface area contributed by atoms with Gasteiger partial charge in [0.2, 0.25) is 21.8 Å². The number of hydrogen-bond donors (Lipinski definition) is 1. The van der Waals surface area contributed by atoms with Crippen molar-refractivity contribution in [2.24, 2.45) is 0 Å². The standard InChI is InChI=1S/C23H27N3O4S2/c27-22(24-12-6-9-18-7-2-1-3-8-18)16-26-20-15-19(10-11-21(20)31-17-23(26)28)32(29,30)25-13-4-5-14-25/h1-3,7-8,10-11,15H,4-6,9,12-14,16-17H2,(H,24,27). The molecule has 0 saturated carbocycles. The zero-order chi connectivity index (χ0) is 22.6. The summed E-state index contributed by atoms with van der Waals surface area (Å²) >= 11 is 1.37. The second kappa shape index (κ2) is 10.1. The second-order valence-electron chi connectivity index (χ2n) is 7.95. The van der Waals surface area contributed by atoms with Gasteiger partial charge in [-0.05, 0) is 49.4 Å². The molecule has 0 spiro atoms. The van der Waals surface area contributed by atoms with Crippen molar-refractivity contribution < 1.29 is 18.0 Å². The van der Waals surface area contributed by atoms with Crippen molar-refractivity contribution in [3.8, 4) is 0 Å². The maximum Gasteiger partial charge on any atom is 0.243 e. The Bertz CT molecular complexity index is 1080. The number of benzene rings is 2. The van der Waals surface area contributed by atoms with E-state index in [1.54, 1.807) is 12.1 Å². The summed E-state index contributed by atoms with van der Waals surface area (Å²) in [6.45, 7) is 1.43. The van der Waals surface area contributed by atoms with E-state index in [2.05, 4.69) is 17.4 Å². The molecule has 0 aliphatic carbocycles. The van der Waals surface area contributed by atoms with Crippen LogP contribution in [-0.2, 0) is 26.0 Å². The predicted octanol–water partition coefficient (Wildman–Crippen LogP) is 2.66. The van der Waals surface area contributed by atoms with Crippen molar-refractivity contribution in [2.45, 2.75) is 35.5 Å². The first kappa shape index (κ1) is 22.8. The molecule has 2 amide bonds. The Kier molecular flexibility index (Phi) is 7.17. The number of rotatable bonds is 8. The molecule has 32 heavy (non-hydrogen) atoms. The topological polar surface area (TPSA) is 86.8 Å². The van der Waals surface area contributed by atoms with Gasteiger partial charge in [-0.3, -0.25) is 9.59 Å². The van der Waals surface area contributed by atoms with Crippen LogP contribution >= 0.6 is 11.8 Å². The van der Waals surface area contributed by atoms with Crippen molar-refractivity contribution in [3.05, 3.63) is 54.1 Å². The van der Waals surface area contributed by atoms with Crippen LogP contribution in [0.3, 0.4) is 0 Å². The molecule has 2 aromatic carbocycles. The van der Waals surface area contributed by atoms with Crippen LogP contribution in [0, 0.1) is 0 Å². The summed E-state index contributed by atoms with van der Waals surface area (Å²) in [4.78, 5) is 27.5. The van der Waals surface area contributed by atoms with E-state index in [1.165, 1.54) is 32.6 Å². The Hall–Kier alpha value is -2.36. The quantitative estimate of drug-likeness (QED) is 0.596. The van der Waals surface area contributed by atoms with Crippen LogP contribution in [0.25, 0.3) is 0 Å². The molecule has 1 fully saturated rings. The molecule has 1 saturated heterocycles. The van der Waals surface area contributed by atoms with Gasteiger partial charge in [0.25, 0.3) is 0 Å². The van der Waals surface area contributed by atoms with E-state index in [0.717, 1.165) is 30.6 Å². The lowest BCUT2D eigenvalue weighted by molar-refractivity contribution is -0.123. The van der Waals surface area contributed by atoms with E-state index in [1.807, 2.05) is 18.2 Å². The highest BCUT2D eigenvalue weighted by molar-refractivity contribution is 8.00. The average molecular weight is 474 g/mol. The molecule has 170 valence electrons. The summed E-state index contributed by atoms with van der Waals surface area (Å²) < 4.78 is 27.4. The lowest BCUT2D eigenvalue weighted by atomic mass is 10.1. The number of carbonyl (C=O) groups is 2. The van der Waals surface area contributed by atoms with Crippen LogP contribution in [0.15, 0.2) is 58.3 Å². The van der Waals surface area contributed by atoms with E-state index in [0.29, 0.717) is 25.3 Å². The summed E-state index contributed by atoms with van der Waals surface area (Å²) in [5.74, 6) is -0.221. The van der Waals surface area contributed by atoms with Crippen molar-refractivity contribution in [1.29, 1.82) is 0 Å². The molecule has 2 aromatic rings. The first-order valence-electron chi connectivity index (χ1n) is 10.8. The van der Waals surface area contributed by atoms with Gasteiger partial charge in [0.1, 0.15) is 6.54 Å². The number of fused-ring (bicyclic) bond motifs is 1. The zero-order valence-corrected chi connectivity index (χ0v) is 19.5. The molecule has 0 radical (unpaired) electrons. The number of aryl methyl sites for hydroxylation is 1. The van der Waals surface area contributed by atoms with Gasteiger partial charge in [0.05, 0.1) is 16.3 Å². The normalized spacial score (nSPS) is 16.8. The number of amides is 2. The zero-order valence-electron chi connectivity index (χ0n) is 17.8. The molecule has 4 rings (SSSR count). The van der Waals surface area contributed by atoms with Gasteiger partial charge in [-0.1, -0.05) is 30.3 Å². The molecular weight excluding hydrogens is 446 g/mol. The first-order valence-corrected chi connectivity index (χ1v) is 13.3. The number of hydrogen-bond acceptors (Lipinski definition) is 5. The fourth-order valence-electron chi connectivity index (χ4n) is 3.96. The van der Waals surface area contributed by atoms with Crippen molar-refractivity contribution in [1.82, 2.24) is 9.62 Å². The Morgan fingerprint density at radius 1 is 1.06 bits per heavy atom. The Morgan fingerprint density at radius 2 is 1.81 bits per heavy atom. The fraction of sp³-hybridized carbons (Fsp3) is 0.391. The number of carbonyl (C=O) groups excluding carboxylic acids is 2. The Labute approximate surface area is 193 Å². The van der Waals surface area contributed by atoms with Gasteiger partial charge in [-0.2, -0.15) is 4.31 Å². The SMILES string of the molecule is O=C(CN1C(=O)CSc2ccc(S(=O)(=O)N3CCCC3)cc21)NCCCc1ccccc1. The third-order valence-electron chi connectivity index (χ3n) is 5.69. The van der Waals surface area contributed by atoms with E-state index >= 15 is 0 Å². The van der Waals surface area contributed by atoms with E-state index in [4.69, 9.17) is 0 Å². The van der Waals surface area contributed by atoms with Crippen molar-refractivity contribution in [2.75, 3.05) is 36.8 Å². The van der Waals surface area contributed by atoms with Gasteiger partial charge in [0, 0.05) is 24.5 Å². The maximum absolute atomic E-state index is 13.0. The molecule has 0 bridgehead atoms. The molecule has 9 heteroatoms. The molecule has 1 N–H and O–H groups in total. The summed E-state index contributed by atoms with van der Waals surface area (Å²) in [7, 11) is -3.60. The van der Waals surface area contributed by atoms with Crippen LogP contribution in [0.4, 0.5) is 5.69 Å². The lowest BCUT2D eigenvalue weighted by Crippen LogP contribution is -2.43. The number of nitrogens with one attached hydrogen (secondary N) is 1. The van der Waals surface area contributed by atoms with Crippen LogP contribution in [0.1, 0.15) is 24.8 Å².